The minimum atomic E-state index is -0.648. The molecule has 0 radical (unpaired) electrons. The molecule has 33 heavy (non-hydrogen) atoms. The summed E-state index contributed by atoms with van der Waals surface area (Å²) in [4.78, 5) is 19.9. The summed E-state index contributed by atoms with van der Waals surface area (Å²) in [6.45, 7) is 3.29. The van der Waals surface area contributed by atoms with Crippen LogP contribution in [0.2, 0.25) is 0 Å². The number of imide groups is 1. The smallest absolute Gasteiger partial charge is 0.414 e. The number of para-hydroxylation sites is 2. The molecule has 0 bridgehead atoms. The van der Waals surface area contributed by atoms with Gasteiger partial charge in [0.25, 0.3) is 5.91 Å². The van der Waals surface area contributed by atoms with Crippen molar-refractivity contribution in [2.75, 3.05) is 25.3 Å². The second kappa shape index (κ2) is 10.2. The molecule has 8 heteroatoms. The Balaban J connectivity index is 0.000000318. The molecule has 170 valence electrons. The average molecular weight is 447 g/mol. The van der Waals surface area contributed by atoms with E-state index in [1.54, 1.807) is 0 Å². The van der Waals surface area contributed by atoms with Gasteiger partial charge in [0, 0.05) is 5.69 Å². The molecule has 0 saturated carbocycles. The summed E-state index contributed by atoms with van der Waals surface area (Å²) in [5.74, 6) is 1.28. The minimum Gasteiger partial charge on any atom is -0.457 e. The largest absolute Gasteiger partial charge is 0.457 e. The molecule has 2 heterocycles. The average Bonchev–Trinajstić information content (AvgIpc) is 3.40. The molecule has 1 unspecified atom stereocenters. The lowest BCUT2D eigenvalue weighted by Crippen LogP contribution is -2.32. The number of carbonyl (C=O) groups is 2. The number of amides is 2. The summed E-state index contributed by atoms with van der Waals surface area (Å²) in [6, 6.07) is 28.1. The molecule has 0 aliphatic carbocycles. The van der Waals surface area contributed by atoms with E-state index in [1.165, 1.54) is 0 Å². The molecule has 8 nitrogen and oxygen atoms in total. The van der Waals surface area contributed by atoms with Crippen molar-refractivity contribution in [1.29, 1.82) is 0 Å². The quantitative estimate of drug-likeness (QED) is 0.604. The van der Waals surface area contributed by atoms with Crippen LogP contribution in [0.15, 0.2) is 84.9 Å². The predicted molar refractivity (Wildman–Crippen MR) is 123 cm³/mol. The first-order chi connectivity index (χ1) is 16.0. The van der Waals surface area contributed by atoms with E-state index in [9.17, 15) is 9.59 Å². The molecule has 5 rings (SSSR count). The molecular formula is C25H25N3O5. The minimum absolute atomic E-state index is 0.126. The Morgan fingerprint density at radius 2 is 1.55 bits per heavy atom. The maximum absolute atomic E-state index is 10.00. The Morgan fingerprint density at radius 3 is 2.12 bits per heavy atom. The summed E-state index contributed by atoms with van der Waals surface area (Å²) in [7, 11) is 0. The van der Waals surface area contributed by atoms with E-state index in [0.717, 1.165) is 29.3 Å². The zero-order valence-corrected chi connectivity index (χ0v) is 18.2. The van der Waals surface area contributed by atoms with Crippen molar-refractivity contribution in [2.24, 2.45) is 0 Å². The van der Waals surface area contributed by atoms with Crippen molar-refractivity contribution < 1.29 is 23.8 Å². The highest BCUT2D eigenvalue weighted by atomic mass is 16.6. The Bertz CT molecular complexity index is 1060. The second-order valence-corrected chi connectivity index (χ2v) is 7.74. The van der Waals surface area contributed by atoms with Gasteiger partial charge >= 0.3 is 6.09 Å². The van der Waals surface area contributed by atoms with E-state index in [0.29, 0.717) is 6.73 Å². The number of alkyl carbamates (subject to hydrolysis) is 1. The van der Waals surface area contributed by atoms with Crippen LogP contribution in [-0.4, -0.2) is 36.9 Å². The van der Waals surface area contributed by atoms with Crippen LogP contribution in [0.1, 0.15) is 12.5 Å². The maximum Gasteiger partial charge on any atom is 0.414 e. The first-order valence-corrected chi connectivity index (χ1v) is 10.5. The number of anilines is 1. The third kappa shape index (κ3) is 6.09. The number of carbonyl (C=O) groups excluding carboxylic acids is 2. The highest BCUT2D eigenvalue weighted by molar-refractivity contribution is 5.97. The first-order valence-electron chi connectivity index (χ1n) is 10.5. The number of rotatable bonds is 5. The normalized spacial score (nSPS) is 19.8. The first kappa shape index (κ1) is 22.3. The molecule has 2 N–H and O–H groups in total. The van der Waals surface area contributed by atoms with Crippen LogP contribution in [-0.2, 0) is 19.9 Å². The number of nitrogens with zero attached hydrogens (tertiary/aromatic N) is 1. The van der Waals surface area contributed by atoms with E-state index in [2.05, 4.69) is 34.2 Å². The summed E-state index contributed by atoms with van der Waals surface area (Å²) in [5.41, 5.74) is 5.24. The summed E-state index contributed by atoms with van der Waals surface area (Å²) in [6.07, 6.45) is -0.648. The van der Waals surface area contributed by atoms with Crippen molar-refractivity contribution >= 4 is 17.7 Å². The van der Waals surface area contributed by atoms with Crippen LogP contribution in [0.3, 0.4) is 0 Å². The van der Waals surface area contributed by atoms with E-state index in [1.807, 2.05) is 78.1 Å². The Labute approximate surface area is 192 Å². The van der Waals surface area contributed by atoms with Crippen molar-refractivity contribution in [3.05, 3.63) is 90.5 Å². The zero-order valence-electron chi connectivity index (χ0n) is 18.2. The third-order valence-electron chi connectivity index (χ3n) is 5.11. The molecule has 0 aromatic heterocycles. The van der Waals surface area contributed by atoms with Gasteiger partial charge in [0.2, 0.25) is 0 Å². The fraction of sp³-hybridized carbons (Fsp3) is 0.200. The lowest BCUT2D eigenvalue weighted by Gasteiger charge is -2.24. The van der Waals surface area contributed by atoms with Gasteiger partial charge in [-0.15, -0.1) is 0 Å². The molecule has 3 aromatic carbocycles. The number of ether oxygens (including phenoxy) is 3. The SMILES string of the molecule is CC1(c2ccc(Oc3ccccc3)cc2)CN(Nc2ccccc2)CO1.O=C1COC(=O)N1. The number of nitrogens with one attached hydrogen (secondary N) is 2. The fourth-order valence-electron chi connectivity index (χ4n) is 3.43. The van der Waals surface area contributed by atoms with Crippen LogP contribution in [0.5, 0.6) is 11.5 Å². The molecule has 0 spiro atoms. The van der Waals surface area contributed by atoms with Gasteiger partial charge in [-0.3, -0.25) is 10.1 Å². The molecular weight excluding hydrogens is 422 g/mol. The Kier molecular flexibility index (Phi) is 6.87. The lowest BCUT2D eigenvalue weighted by atomic mass is 9.96. The number of hydrogen-bond acceptors (Lipinski definition) is 7. The standard InChI is InChI=1S/C22H22N2O2.C3H3NO3/c1-22(16-24(17-25-22)23-19-8-4-2-5-9-19)18-12-14-21(15-13-18)26-20-10-6-3-7-11-20;5-2-1-7-3(6)4-2/h2-15,23H,16-17H2,1H3;1H2,(H,4,5,6). The summed E-state index contributed by atoms with van der Waals surface area (Å²) in [5, 5.41) is 4.00. The van der Waals surface area contributed by atoms with E-state index in [-0.39, 0.29) is 18.1 Å². The monoisotopic (exact) mass is 447 g/mol. The zero-order chi connectivity index (χ0) is 23.1. The van der Waals surface area contributed by atoms with Crippen LogP contribution < -0.4 is 15.5 Å². The van der Waals surface area contributed by atoms with E-state index >= 15 is 0 Å². The molecule has 2 aliphatic heterocycles. The number of hydrogen-bond donors (Lipinski definition) is 2. The van der Waals surface area contributed by atoms with Gasteiger partial charge < -0.3 is 19.6 Å². The van der Waals surface area contributed by atoms with Crippen LogP contribution >= 0.6 is 0 Å². The van der Waals surface area contributed by atoms with Crippen LogP contribution in [0.4, 0.5) is 10.5 Å². The van der Waals surface area contributed by atoms with E-state index in [4.69, 9.17) is 9.47 Å². The fourth-order valence-corrected chi connectivity index (χ4v) is 3.43. The molecule has 2 amide bonds. The number of hydrazine groups is 1. The number of benzene rings is 3. The van der Waals surface area contributed by atoms with Gasteiger partial charge in [0.1, 0.15) is 23.8 Å². The highest BCUT2D eigenvalue weighted by Crippen LogP contribution is 2.33. The molecule has 2 fully saturated rings. The van der Waals surface area contributed by atoms with Crippen molar-refractivity contribution in [3.63, 3.8) is 0 Å². The predicted octanol–water partition coefficient (Wildman–Crippen LogP) is 4.26. The van der Waals surface area contributed by atoms with Crippen LogP contribution in [0.25, 0.3) is 0 Å². The second-order valence-electron chi connectivity index (χ2n) is 7.74. The van der Waals surface area contributed by atoms with Crippen molar-refractivity contribution in [1.82, 2.24) is 10.3 Å². The topological polar surface area (TPSA) is 89.1 Å². The molecule has 2 saturated heterocycles. The number of cyclic esters (lactones) is 1. The van der Waals surface area contributed by atoms with Gasteiger partial charge in [0.15, 0.2) is 6.61 Å². The third-order valence-corrected chi connectivity index (χ3v) is 5.11. The molecule has 3 aromatic rings. The van der Waals surface area contributed by atoms with Crippen molar-refractivity contribution in [2.45, 2.75) is 12.5 Å². The summed E-state index contributed by atoms with van der Waals surface area (Å²) >= 11 is 0. The van der Waals surface area contributed by atoms with Gasteiger partial charge in [-0.05, 0) is 48.9 Å². The van der Waals surface area contributed by atoms with Gasteiger partial charge in [-0.1, -0.05) is 48.5 Å². The van der Waals surface area contributed by atoms with Gasteiger partial charge in [-0.2, -0.15) is 5.01 Å². The Morgan fingerprint density at radius 1 is 0.909 bits per heavy atom. The van der Waals surface area contributed by atoms with E-state index < -0.39 is 6.09 Å². The van der Waals surface area contributed by atoms with Gasteiger partial charge in [-0.25, -0.2) is 4.79 Å². The Hall–Kier alpha value is -3.88. The maximum atomic E-state index is 10.00. The van der Waals surface area contributed by atoms with Gasteiger partial charge in [0.05, 0.1) is 6.54 Å². The molecule has 1 atom stereocenters. The summed E-state index contributed by atoms with van der Waals surface area (Å²) < 4.78 is 16.1. The van der Waals surface area contributed by atoms with Crippen LogP contribution in [0, 0.1) is 0 Å². The van der Waals surface area contributed by atoms with Crippen molar-refractivity contribution in [3.8, 4) is 11.5 Å². The molecule has 2 aliphatic rings. The highest BCUT2D eigenvalue weighted by Gasteiger charge is 2.36. The lowest BCUT2D eigenvalue weighted by molar-refractivity contribution is -0.119.